The van der Waals surface area contributed by atoms with E-state index in [9.17, 15) is 0 Å². The molecule has 2 aliphatic carbocycles. The van der Waals surface area contributed by atoms with E-state index in [1.54, 1.807) is 0 Å². The van der Waals surface area contributed by atoms with Crippen LogP contribution in [0.15, 0.2) is 108 Å². The van der Waals surface area contributed by atoms with Crippen LogP contribution in [-0.4, -0.2) is 16.3 Å². The molecule has 3 heteroatoms. The van der Waals surface area contributed by atoms with Crippen LogP contribution < -0.4 is 5.19 Å². The second-order valence-electron chi connectivity index (χ2n) is 10.1. The summed E-state index contributed by atoms with van der Waals surface area (Å²) in [4.78, 5) is 0. The Bertz CT molecular complexity index is 1020. The van der Waals surface area contributed by atoms with Crippen molar-refractivity contribution in [3.63, 3.8) is 0 Å². The fourth-order valence-corrected chi connectivity index (χ4v) is 4.63. The van der Waals surface area contributed by atoms with Crippen LogP contribution in [0.25, 0.3) is 16.9 Å². The van der Waals surface area contributed by atoms with Gasteiger partial charge in [-0.1, -0.05) is 168 Å². The SMILES string of the molecule is CC1=[C-]C(C)C(C)=C1C.[CH3-].[Hf].[NH-]C1CCCCCCC1.[SiH2]c1ccccc1.c1ccc(-c2ccccc2)cc1. The average Bonchev–Trinajstić information content (AvgIpc) is 3.14. The van der Waals surface area contributed by atoms with Gasteiger partial charge in [0.15, 0.2) is 0 Å². The Morgan fingerprint density at radius 3 is 1.33 bits per heavy atom. The first-order valence-electron chi connectivity index (χ1n) is 13.8. The molecule has 1 radical (unpaired) electrons. The minimum absolute atomic E-state index is 0. The molecule has 0 aromatic heterocycles. The predicted octanol–water partition coefficient (Wildman–Crippen LogP) is 9.62. The van der Waals surface area contributed by atoms with Crippen molar-refractivity contribution in [3.05, 3.63) is 127 Å². The number of hydrogen-bond acceptors (Lipinski definition) is 0. The first-order valence-corrected chi connectivity index (χ1v) is 14.6. The zero-order chi connectivity index (χ0) is 26.9. The van der Waals surface area contributed by atoms with Gasteiger partial charge in [0.2, 0.25) is 0 Å². The van der Waals surface area contributed by atoms with Gasteiger partial charge in [0.05, 0.1) is 0 Å². The Hall–Kier alpha value is -1.81. The van der Waals surface area contributed by atoms with Gasteiger partial charge in [-0.3, -0.25) is 6.08 Å². The van der Waals surface area contributed by atoms with E-state index in [-0.39, 0.29) is 39.3 Å². The first kappa shape index (κ1) is 37.2. The fourth-order valence-electron chi connectivity index (χ4n) is 4.36. The normalized spacial score (nSPS) is 16.6. The summed E-state index contributed by atoms with van der Waals surface area (Å²) in [7, 11) is 1.90. The predicted molar refractivity (Wildman–Crippen MR) is 173 cm³/mol. The van der Waals surface area contributed by atoms with Crippen molar-refractivity contribution in [3.8, 4) is 11.1 Å². The van der Waals surface area contributed by atoms with Crippen molar-refractivity contribution >= 4 is 15.4 Å². The summed E-state index contributed by atoms with van der Waals surface area (Å²) < 4.78 is 0. The minimum Gasteiger partial charge on any atom is -0.675 e. The van der Waals surface area contributed by atoms with Gasteiger partial charge in [-0.2, -0.15) is 11.1 Å². The largest absolute Gasteiger partial charge is 0.675 e. The van der Waals surface area contributed by atoms with Crippen molar-refractivity contribution < 1.29 is 25.8 Å². The number of hydrogen-bond donors (Lipinski definition) is 0. The smallest absolute Gasteiger partial charge is 0.0477 e. The van der Waals surface area contributed by atoms with Crippen LogP contribution in [-0.2, 0) is 25.8 Å². The molecule has 1 nitrogen and oxygen atoms in total. The Labute approximate surface area is 262 Å². The summed E-state index contributed by atoms with van der Waals surface area (Å²) >= 11 is 0. The molecule has 209 valence electrons. The van der Waals surface area contributed by atoms with Crippen molar-refractivity contribution in [2.45, 2.75) is 78.7 Å². The maximum atomic E-state index is 7.51. The van der Waals surface area contributed by atoms with Crippen LogP contribution in [0.2, 0.25) is 0 Å². The molecular formula is C36H49HfNSi-3. The van der Waals surface area contributed by atoms with Gasteiger partial charge in [-0.15, -0.1) is 13.0 Å². The first-order chi connectivity index (χ1) is 17.9. The average molecular weight is 702 g/mol. The molecule has 39 heavy (non-hydrogen) atoms. The topological polar surface area (TPSA) is 23.8 Å². The molecule has 0 bridgehead atoms. The van der Waals surface area contributed by atoms with Crippen molar-refractivity contribution in [1.29, 1.82) is 0 Å². The molecule has 0 saturated heterocycles. The van der Waals surface area contributed by atoms with Gasteiger partial charge in [0.25, 0.3) is 0 Å². The summed E-state index contributed by atoms with van der Waals surface area (Å²) in [5.41, 5.74) is 14.3. The van der Waals surface area contributed by atoms with E-state index < -0.39 is 0 Å². The molecule has 3 aromatic rings. The van der Waals surface area contributed by atoms with Crippen LogP contribution in [0.3, 0.4) is 0 Å². The summed E-state index contributed by atoms with van der Waals surface area (Å²) in [5, 5.41) is 1.35. The van der Waals surface area contributed by atoms with E-state index in [0.29, 0.717) is 5.92 Å². The maximum absolute atomic E-state index is 7.51. The maximum Gasteiger partial charge on any atom is 0.0477 e. The summed E-state index contributed by atoms with van der Waals surface area (Å²) in [5.74, 6) is 0.560. The Kier molecular flexibility index (Phi) is 20.9. The number of benzene rings is 3. The molecule has 1 atom stereocenters. The van der Waals surface area contributed by atoms with E-state index in [4.69, 9.17) is 5.73 Å². The Morgan fingerprint density at radius 2 is 1.05 bits per heavy atom. The van der Waals surface area contributed by atoms with Crippen molar-refractivity contribution in [2.24, 2.45) is 5.92 Å². The molecule has 5 rings (SSSR count). The quantitative estimate of drug-likeness (QED) is 0.178. The van der Waals surface area contributed by atoms with Crippen LogP contribution in [0.5, 0.6) is 0 Å². The van der Waals surface area contributed by atoms with Gasteiger partial charge < -0.3 is 13.2 Å². The molecule has 1 N–H and O–H groups in total. The van der Waals surface area contributed by atoms with Crippen LogP contribution in [0.4, 0.5) is 0 Å². The minimum atomic E-state index is 0. The molecule has 0 aliphatic heterocycles. The zero-order valence-corrected chi connectivity index (χ0v) is 30.0. The molecule has 2 aliphatic rings. The van der Waals surface area contributed by atoms with Gasteiger partial charge >= 0.3 is 0 Å². The second kappa shape index (κ2) is 21.9. The van der Waals surface area contributed by atoms with Crippen molar-refractivity contribution in [1.82, 2.24) is 0 Å². The fraction of sp³-hybridized carbons (Fsp3) is 0.361. The van der Waals surface area contributed by atoms with Crippen LogP contribution in [0.1, 0.15) is 72.6 Å². The Balaban J connectivity index is 0.000000494. The molecule has 0 amide bonds. The third-order valence-electron chi connectivity index (χ3n) is 7.07. The number of allylic oxidation sites excluding steroid dienone is 4. The van der Waals surface area contributed by atoms with Gasteiger partial charge in [0, 0.05) is 36.1 Å². The van der Waals surface area contributed by atoms with Crippen LogP contribution >= 0.6 is 0 Å². The van der Waals surface area contributed by atoms with E-state index in [2.05, 4.69) is 94.4 Å². The zero-order valence-electron chi connectivity index (χ0n) is 25.0. The third-order valence-corrected chi connectivity index (χ3v) is 7.54. The molecule has 1 saturated carbocycles. The standard InChI is InChI=1S/C12H10.C9H13.C8H16N.C6H7Si.CH3.Hf/c1-3-7-11(8-4-1)12-9-5-2-6-10-12;1-6-5-7(2)9(4)8(6)3;9-8-6-4-2-1-3-5-7-8;7-6-4-2-1-3-5-6;;/h1-10H;6H,1-4H3;8-9H,1-7H2;1-5H,7H2;1H3;/q;2*-1;;-1;. The van der Waals surface area contributed by atoms with E-state index in [1.807, 2.05) is 40.6 Å². The monoisotopic (exact) mass is 703 g/mol. The summed E-state index contributed by atoms with van der Waals surface area (Å²) in [6.07, 6.45) is 12.4. The molecular weight excluding hydrogens is 653 g/mol. The van der Waals surface area contributed by atoms with Gasteiger partial charge in [0.1, 0.15) is 0 Å². The third kappa shape index (κ3) is 15.5. The van der Waals surface area contributed by atoms with Gasteiger partial charge in [-0.05, 0) is 11.1 Å². The molecule has 3 aromatic carbocycles. The van der Waals surface area contributed by atoms with E-state index in [0.717, 1.165) is 12.8 Å². The molecule has 1 unspecified atom stereocenters. The van der Waals surface area contributed by atoms with Crippen LogP contribution in [0, 0.1) is 19.4 Å². The van der Waals surface area contributed by atoms with Crippen molar-refractivity contribution in [2.75, 3.05) is 0 Å². The molecule has 1 fully saturated rings. The summed E-state index contributed by atoms with van der Waals surface area (Å²) in [6, 6.07) is 31.4. The van der Waals surface area contributed by atoms with Gasteiger partial charge in [-0.25, -0.2) is 5.57 Å². The second-order valence-corrected chi connectivity index (χ2v) is 10.9. The van der Waals surface area contributed by atoms with E-state index in [1.165, 1.54) is 65.1 Å². The molecule has 0 heterocycles. The van der Waals surface area contributed by atoms with E-state index >= 15 is 0 Å². The number of rotatable bonds is 1. The molecule has 0 spiro atoms. The Morgan fingerprint density at radius 1 is 0.667 bits per heavy atom. The summed E-state index contributed by atoms with van der Waals surface area (Å²) in [6.45, 7) is 8.67. The number of nitrogens with one attached hydrogen (secondary N) is 1.